The van der Waals surface area contributed by atoms with Crippen LogP contribution in [0.3, 0.4) is 0 Å². The van der Waals surface area contributed by atoms with Gasteiger partial charge in [0.05, 0.1) is 16.4 Å². The third kappa shape index (κ3) is 2.52. The van der Waals surface area contributed by atoms with Crippen molar-refractivity contribution in [3.05, 3.63) is 60.2 Å². The molecule has 2 N–H and O–H groups in total. The minimum atomic E-state index is -0.625. The molecule has 1 heterocycles. The van der Waals surface area contributed by atoms with E-state index in [0.717, 1.165) is 16.6 Å². The first-order valence-electron chi connectivity index (χ1n) is 6.89. The van der Waals surface area contributed by atoms with Crippen LogP contribution in [0, 0.1) is 0 Å². The maximum Gasteiger partial charge on any atom is 0.236 e. The number of hydrogen-bond donors (Lipinski definition) is 2. The van der Waals surface area contributed by atoms with E-state index in [-0.39, 0.29) is 5.91 Å². The van der Waals surface area contributed by atoms with Crippen molar-refractivity contribution < 1.29 is 4.79 Å². The minimum Gasteiger partial charge on any atom is -0.324 e. The Morgan fingerprint density at radius 2 is 1.71 bits per heavy atom. The van der Waals surface area contributed by atoms with Gasteiger partial charge in [0.2, 0.25) is 11.9 Å². The van der Waals surface area contributed by atoms with Crippen LogP contribution in [0.4, 0.5) is 5.95 Å². The zero-order chi connectivity index (χ0) is 14.9. The molecule has 2 aromatic carbocycles. The lowest BCUT2D eigenvalue weighted by molar-refractivity contribution is -0.120. The number of aromatic nitrogens is 2. The topological polar surface area (TPSA) is 57.8 Å². The summed E-state index contributed by atoms with van der Waals surface area (Å²) in [5.74, 6) is 0.387. The van der Waals surface area contributed by atoms with Crippen LogP contribution in [0.25, 0.3) is 11.0 Å². The third-order valence-electron chi connectivity index (χ3n) is 3.68. The lowest BCUT2D eigenvalue weighted by Gasteiger charge is -2.23. The number of nitrogens with zero attached hydrogens (tertiary/aromatic N) is 1. The number of para-hydroxylation sites is 2. The number of H-pyrrole nitrogens is 1. The normalized spacial score (nSPS) is 11.5. The number of anilines is 1. The second kappa shape index (κ2) is 5.05. The van der Waals surface area contributed by atoms with Gasteiger partial charge in [0.25, 0.3) is 0 Å². The summed E-state index contributed by atoms with van der Waals surface area (Å²) in [6, 6.07) is 17.4. The van der Waals surface area contributed by atoms with Crippen molar-refractivity contribution >= 4 is 22.9 Å². The molecule has 0 saturated carbocycles. The smallest absolute Gasteiger partial charge is 0.236 e. The molecule has 0 bridgehead atoms. The van der Waals surface area contributed by atoms with Crippen LogP contribution in [-0.4, -0.2) is 15.9 Å². The van der Waals surface area contributed by atoms with Crippen molar-refractivity contribution in [2.75, 3.05) is 5.32 Å². The number of fused-ring (bicyclic) bond motifs is 1. The fourth-order valence-corrected chi connectivity index (χ4v) is 2.26. The van der Waals surface area contributed by atoms with Crippen LogP contribution in [0.1, 0.15) is 19.4 Å². The summed E-state index contributed by atoms with van der Waals surface area (Å²) >= 11 is 0. The lowest BCUT2D eigenvalue weighted by atomic mass is 9.84. The Hall–Kier alpha value is -2.62. The van der Waals surface area contributed by atoms with Crippen LogP contribution in [-0.2, 0) is 10.2 Å². The summed E-state index contributed by atoms with van der Waals surface area (Å²) in [5.41, 5.74) is 2.09. The second-order valence-corrected chi connectivity index (χ2v) is 5.55. The molecule has 0 radical (unpaired) electrons. The van der Waals surface area contributed by atoms with Crippen molar-refractivity contribution in [2.45, 2.75) is 19.3 Å². The Morgan fingerprint density at radius 1 is 1.05 bits per heavy atom. The van der Waals surface area contributed by atoms with Gasteiger partial charge in [-0.3, -0.25) is 10.1 Å². The predicted molar refractivity (Wildman–Crippen MR) is 84.2 cm³/mol. The molecule has 0 saturated heterocycles. The summed E-state index contributed by atoms with van der Waals surface area (Å²) in [6.45, 7) is 3.81. The average molecular weight is 279 g/mol. The van der Waals surface area contributed by atoms with Gasteiger partial charge < -0.3 is 4.98 Å². The van der Waals surface area contributed by atoms with Crippen LogP contribution in [0.5, 0.6) is 0 Å². The molecule has 4 nitrogen and oxygen atoms in total. The molecule has 106 valence electrons. The number of aromatic amines is 1. The van der Waals surface area contributed by atoms with Crippen molar-refractivity contribution in [2.24, 2.45) is 0 Å². The van der Waals surface area contributed by atoms with E-state index in [1.54, 1.807) is 0 Å². The fraction of sp³-hybridized carbons (Fsp3) is 0.176. The minimum absolute atomic E-state index is 0.0900. The summed E-state index contributed by atoms with van der Waals surface area (Å²) < 4.78 is 0. The van der Waals surface area contributed by atoms with Gasteiger partial charge in [-0.25, -0.2) is 4.98 Å². The van der Waals surface area contributed by atoms with Crippen LogP contribution in [0.15, 0.2) is 54.6 Å². The zero-order valence-electron chi connectivity index (χ0n) is 12.1. The fourth-order valence-electron chi connectivity index (χ4n) is 2.26. The second-order valence-electron chi connectivity index (χ2n) is 5.55. The Labute approximate surface area is 123 Å². The van der Waals surface area contributed by atoms with Gasteiger partial charge >= 0.3 is 0 Å². The molecule has 0 atom stereocenters. The molecule has 0 unspecified atom stereocenters. The molecule has 1 amide bonds. The zero-order valence-corrected chi connectivity index (χ0v) is 12.1. The number of carbonyl (C=O) groups is 1. The first-order chi connectivity index (χ1) is 10.1. The summed E-state index contributed by atoms with van der Waals surface area (Å²) in [6.07, 6.45) is 0. The Kier molecular flexibility index (Phi) is 3.22. The standard InChI is InChI=1S/C17H17N3O/c1-17(2,12-8-4-3-5-9-12)15(21)20-16-18-13-10-6-7-11-14(13)19-16/h3-11H,1-2H3,(H2,18,19,20,21). The van der Waals surface area contributed by atoms with E-state index < -0.39 is 5.41 Å². The molecule has 1 aromatic heterocycles. The number of nitrogens with one attached hydrogen (secondary N) is 2. The van der Waals surface area contributed by atoms with E-state index >= 15 is 0 Å². The predicted octanol–water partition coefficient (Wildman–Crippen LogP) is 3.48. The maximum atomic E-state index is 12.5. The summed E-state index contributed by atoms with van der Waals surface area (Å²) in [5, 5.41) is 2.86. The maximum absolute atomic E-state index is 12.5. The van der Waals surface area contributed by atoms with E-state index in [9.17, 15) is 4.79 Å². The highest BCUT2D eigenvalue weighted by molar-refractivity contribution is 5.98. The summed E-state index contributed by atoms with van der Waals surface area (Å²) in [7, 11) is 0. The quantitative estimate of drug-likeness (QED) is 0.771. The van der Waals surface area contributed by atoms with Crippen molar-refractivity contribution in [1.29, 1.82) is 0 Å². The van der Waals surface area contributed by atoms with Gasteiger partial charge in [-0.05, 0) is 31.5 Å². The van der Waals surface area contributed by atoms with E-state index in [0.29, 0.717) is 5.95 Å². The SMILES string of the molecule is CC(C)(C(=O)Nc1nc2ccccc2[nH]1)c1ccccc1. The first kappa shape index (κ1) is 13.4. The Balaban J connectivity index is 1.85. The van der Waals surface area contributed by atoms with Crippen LogP contribution >= 0.6 is 0 Å². The number of rotatable bonds is 3. The van der Waals surface area contributed by atoms with E-state index in [1.807, 2.05) is 68.4 Å². The van der Waals surface area contributed by atoms with Crippen molar-refractivity contribution in [3.8, 4) is 0 Å². The molecule has 3 aromatic rings. The molecule has 0 fully saturated rings. The van der Waals surface area contributed by atoms with Crippen molar-refractivity contribution in [3.63, 3.8) is 0 Å². The number of carbonyl (C=O) groups excluding carboxylic acids is 1. The number of benzene rings is 2. The number of imidazole rings is 1. The molecule has 4 heteroatoms. The van der Waals surface area contributed by atoms with Crippen LogP contribution in [0.2, 0.25) is 0 Å². The Morgan fingerprint density at radius 3 is 2.43 bits per heavy atom. The van der Waals surface area contributed by atoms with Crippen LogP contribution < -0.4 is 5.32 Å². The van der Waals surface area contributed by atoms with E-state index in [2.05, 4.69) is 15.3 Å². The first-order valence-corrected chi connectivity index (χ1v) is 6.89. The monoisotopic (exact) mass is 279 g/mol. The molecule has 0 aliphatic carbocycles. The molecule has 21 heavy (non-hydrogen) atoms. The molecular weight excluding hydrogens is 262 g/mol. The highest BCUT2D eigenvalue weighted by atomic mass is 16.2. The van der Waals surface area contributed by atoms with Gasteiger partial charge in [-0.15, -0.1) is 0 Å². The van der Waals surface area contributed by atoms with Gasteiger partial charge in [0, 0.05) is 0 Å². The average Bonchev–Trinajstić information content (AvgIpc) is 2.90. The van der Waals surface area contributed by atoms with Crippen molar-refractivity contribution in [1.82, 2.24) is 9.97 Å². The molecular formula is C17H17N3O. The number of amides is 1. The highest BCUT2D eigenvalue weighted by Gasteiger charge is 2.30. The molecule has 0 aliphatic rings. The van der Waals surface area contributed by atoms with Gasteiger partial charge in [-0.1, -0.05) is 42.5 Å². The van der Waals surface area contributed by atoms with E-state index in [1.165, 1.54) is 0 Å². The summed E-state index contributed by atoms with van der Waals surface area (Å²) in [4.78, 5) is 20.0. The third-order valence-corrected chi connectivity index (χ3v) is 3.68. The molecule has 3 rings (SSSR count). The molecule has 0 aliphatic heterocycles. The number of hydrogen-bond acceptors (Lipinski definition) is 2. The lowest BCUT2D eigenvalue weighted by Crippen LogP contribution is -2.35. The van der Waals surface area contributed by atoms with Gasteiger partial charge in [-0.2, -0.15) is 0 Å². The largest absolute Gasteiger partial charge is 0.324 e. The van der Waals surface area contributed by atoms with Gasteiger partial charge in [0.1, 0.15) is 0 Å². The van der Waals surface area contributed by atoms with E-state index in [4.69, 9.17) is 0 Å². The van der Waals surface area contributed by atoms with Gasteiger partial charge in [0.15, 0.2) is 0 Å². The molecule has 0 spiro atoms. The Bertz CT molecular complexity index is 742. The highest BCUT2D eigenvalue weighted by Crippen LogP contribution is 2.24.